The third-order valence-electron chi connectivity index (χ3n) is 8.95. The number of nitrogens with one attached hydrogen (secondary N) is 2. The van der Waals surface area contributed by atoms with E-state index in [1.807, 2.05) is 19.1 Å². The molecule has 0 amide bonds. The molecule has 8 heteroatoms. The maximum absolute atomic E-state index is 13.0. The Morgan fingerprint density at radius 1 is 1.10 bits per heavy atom. The Morgan fingerprint density at radius 2 is 1.83 bits per heavy atom. The second kappa shape index (κ2) is 9.87. The summed E-state index contributed by atoms with van der Waals surface area (Å²) in [6.45, 7) is 14.4. The van der Waals surface area contributed by atoms with Gasteiger partial charge >= 0.3 is 11.9 Å². The molecule has 41 heavy (non-hydrogen) atoms. The van der Waals surface area contributed by atoms with Gasteiger partial charge in [0, 0.05) is 57.1 Å². The molecule has 3 N–H and O–H groups in total. The average Bonchev–Trinajstić information content (AvgIpc) is 3.61. The van der Waals surface area contributed by atoms with Gasteiger partial charge in [-0.25, -0.2) is 9.78 Å². The first kappa shape index (κ1) is 26.7. The maximum atomic E-state index is 13.0. The van der Waals surface area contributed by atoms with E-state index in [1.54, 1.807) is 0 Å². The first-order valence-corrected chi connectivity index (χ1v) is 14.1. The Morgan fingerprint density at radius 3 is 2.54 bits per heavy atom. The van der Waals surface area contributed by atoms with Crippen LogP contribution in [-0.4, -0.2) is 37.0 Å². The number of cyclic esters (lactones) is 1. The van der Waals surface area contributed by atoms with Crippen LogP contribution >= 0.6 is 0 Å². The summed E-state index contributed by atoms with van der Waals surface area (Å²) in [5.41, 5.74) is 13.1. The fourth-order valence-electron chi connectivity index (χ4n) is 6.54. The lowest BCUT2D eigenvalue weighted by Crippen LogP contribution is -2.18. The van der Waals surface area contributed by atoms with Crippen LogP contribution in [0.25, 0.3) is 39.3 Å². The third kappa shape index (κ3) is 4.20. The van der Waals surface area contributed by atoms with Crippen molar-refractivity contribution in [2.45, 2.75) is 72.3 Å². The van der Waals surface area contributed by atoms with Crippen LogP contribution in [0.3, 0.4) is 0 Å². The van der Waals surface area contributed by atoms with Crippen molar-refractivity contribution in [1.29, 1.82) is 0 Å². The minimum Gasteiger partial charge on any atom is -0.481 e. The van der Waals surface area contributed by atoms with E-state index < -0.39 is 11.9 Å². The number of aliphatic carboxylic acids is 1. The predicted molar refractivity (Wildman–Crippen MR) is 160 cm³/mol. The van der Waals surface area contributed by atoms with Gasteiger partial charge in [-0.15, -0.1) is 0 Å². The van der Waals surface area contributed by atoms with E-state index in [9.17, 15) is 14.7 Å². The van der Waals surface area contributed by atoms with Gasteiger partial charge in [-0.3, -0.25) is 9.78 Å². The molecule has 8 bridgehead atoms. The van der Waals surface area contributed by atoms with Gasteiger partial charge in [0.05, 0.1) is 22.7 Å². The zero-order valence-corrected chi connectivity index (χ0v) is 24.1. The normalized spacial score (nSPS) is 18.0. The molecule has 6 heterocycles. The van der Waals surface area contributed by atoms with E-state index >= 15 is 0 Å². The second-order valence-corrected chi connectivity index (χ2v) is 11.2. The molecule has 0 aliphatic carbocycles. The molecule has 0 saturated carbocycles. The van der Waals surface area contributed by atoms with E-state index in [2.05, 4.69) is 56.4 Å². The SMILES string of the molecule is C=Cc1c(C)c2cc3nc(c4c5nc(cc6[nH]c(cc1[nH]2)c(C)c6CC)C(C)=C5C(=O)OC4)[C@@H](CCC(=O)O)C3C. The predicted octanol–water partition coefficient (Wildman–Crippen LogP) is 6.88. The van der Waals surface area contributed by atoms with Crippen molar-refractivity contribution >= 4 is 51.2 Å². The number of H-pyrrole nitrogens is 2. The summed E-state index contributed by atoms with van der Waals surface area (Å²) in [6, 6.07) is 6.19. The first-order valence-electron chi connectivity index (χ1n) is 14.1. The number of aromatic nitrogens is 4. The number of allylic oxidation sites excluding steroid dienone is 1. The van der Waals surface area contributed by atoms with Crippen molar-refractivity contribution in [3.05, 3.63) is 75.4 Å². The lowest BCUT2D eigenvalue weighted by Gasteiger charge is -2.20. The van der Waals surface area contributed by atoms with Crippen LogP contribution in [0, 0.1) is 13.8 Å². The van der Waals surface area contributed by atoms with Crippen molar-refractivity contribution in [2.75, 3.05) is 0 Å². The van der Waals surface area contributed by atoms with Crippen molar-refractivity contribution in [3.8, 4) is 0 Å². The molecule has 2 atom stereocenters. The maximum Gasteiger partial charge on any atom is 0.341 e. The number of carboxylic acid groups (broad SMARTS) is 1. The van der Waals surface area contributed by atoms with Gasteiger partial charge in [0.1, 0.15) is 6.61 Å². The molecule has 3 aromatic rings. The smallest absolute Gasteiger partial charge is 0.341 e. The van der Waals surface area contributed by atoms with E-state index in [-0.39, 0.29) is 24.9 Å². The van der Waals surface area contributed by atoms with Crippen LogP contribution in [0.1, 0.15) is 96.0 Å². The number of rotatable bonds is 5. The number of carbonyl (C=O) groups is 2. The lowest BCUT2D eigenvalue weighted by atomic mass is 9.85. The number of fused-ring (bicyclic) bond motifs is 8. The van der Waals surface area contributed by atoms with Gasteiger partial charge < -0.3 is 19.8 Å². The van der Waals surface area contributed by atoms with Gasteiger partial charge in [0.25, 0.3) is 0 Å². The molecular weight excluding hydrogens is 516 g/mol. The summed E-state index contributed by atoms with van der Waals surface area (Å²) in [7, 11) is 0. The molecule has 0 radical (unpaired) electrons. The number of hydrogen-bond donors (Lipinski definition) is 3. The molecule has 3 aliphatic heterocycles. The summed E-state index contributed by atoms with van der Waals surface area (Å²) in [6.07, 6.45) is 3.14. The molecule has 1 unspecified atom stereocenters. The van der Waals surface area contributed by atoms with E-state index in [4.69, 9.17) is 14.7 Å². The summed E-state index contributed by atoms with van der Waals surface area (Å²) >= 11 is 0. The Hall–Kier alpha value is -4.46. The highest BCUT2D eigenvalue weighted by Gasteiger charge is 2.37. The number of aromatic amines is 2. The molecule has 210 valence electrons. The van der Waals surface area contributed by atoms with E-state index in [0.717, 1.165) is 67.7 Å². The minimum absolute atomic E-state index is 0.0169. The highest BCUT2D eigenvalue weighted by molar-refractivity contribution is 6.26. The number of carbonyl (C=O) groups excluding carboxylic acids is 1. The Kier molecular flexibility index (Phi) is 6.44. The molecule has 0 saturated heterocycles. The van der Waals surface area contributed by atoms with Gasteiger partial charge in [-0.1, -0.05) is 26.5 Å². The molecule has 3 aromatic heterocycles. The largest absolute Gasteiger partial charge is 0.481 e. The zero-order chi connectivity index (χ0) is 29.2. The number of nitrogens with zero attached hydrogens (tertiary/aromatic N) is 2. The number of esters is 1. The van der Waals surface area contributed by atoms with Crippen LogP contribution < -0.4 is 0 Å². The Labute approximate surface area is 238 Å². The number of ether oxygens (including phenoxy) is 1. The van der Waals surface area contributed by atoms with Crippen LogP contribution in [0.15, 0.2) is 24.8 Å². The summed E-state index contributed by atoms with van der Waals surface area (Å²) in [5, 5.41) is 9.51. The van der Waals surface area contributed by atoms with E-state index in [0.29, 0.717) is 23.4 Å². The highest BCUT2D eigenvalue weighted by atomic mass is 16.5. The monoisotopic (exact) mass is 550 g/mol. The molecule has 8 nitrogen and oxygen atoms in total. The number of aryl methyl sites for hydroxylation is 3. The van der Waals surface area contributed by atoms with Crippen LogP contribution in [0.2, 0.25) is 0 Å². The van der Waals surface area contributed by atoms with Gasteiger partial charge in [0.2, 0.25) is 0 Å². The van der Waals surface area contributed by atoms with Crippen molar-refractivity contribution in [2.24, 2.45) is 0 Å². The molecule has 6 rings (SSSR count). The number of carboxylic acids is 1. The first-order chi connectivity index (χ1) is 19.6. The van der Waals surface area contributed by atoms with Gasteiger partial charge in [-0.2, -0.15) is 0 Å². The average molecular weight is 551 g/mol. The minimum atomic E-state index is -0.851. The van der Waals surface area contributed by atoms with Crippen molar-refractivity contribution in [3.63, 3.8) is 0 Å². The summed E-state index contributed by atoms with van der Waals surface area (Å²) in [5.74, 6) is -1.44. The van der Waals surface area contributed by atoms with Crippen LogP contribution in [-0.2, 0) is 27.4 Å². The topological polar surface area (TPSA) is 121 Å². The zero-order valence-electron chi connectivity index (χ0n) is 24.1. The van der Waals surface area contributed by atoms with Crippen molar-refractivity contribution < 1.29 is 19.4 Å². The van der Waals surface area contributed by atoms with Crippen LogP contribution in [0.5, 0.6) is 0 Å². The number of hydrogen-bond acceptors (Lipinski definition) is 5. The molecular formula is C33H34N4O4. The molecule has 0 aromatic carbocycles. The van der Waals surface area contributed by atoms with E-state index in [1.165, 1.54) is 5.56 Å². The van der Waals surface area contributed by atoms with Gasteiger partial charge in [-0.05, 0) is 74.1 Å². The molecule has 0 spiro atoms. The quantitative estimate of drug-likeness (QED) is 0.298. The Bertz CT molecular complexity index is 1860. The molecule has 3 aliphatic rings. The lowest BCUT2D eigenvalue weighted by molar-refractivity contribution is -0.138. The summed E-state index contributed by atoms with van der Waals surface area (Å²) in [4.78, 5) is 41.9. The van der Waals surface area contributed by atoms with Crippen molar-refractivity contribution in [1.82, 2.24) is 19.9 Å². The van der Waals surface area contributed by atoms with Crippen LogP contribution in [0.4, 0.5) is 0 Å². The fourth-order valence-corrected chi connectivity index (χ4v) is 6.54. The second-order valence-electron chi connectivity index (χ2n) is 11.2. The summed E-state index contributed by atoms with van der Waals surface area (Å²) < 4.78 is 5.67. The highest BCUT2D eigenvalue weighted by Crippen LogP contribution is 2.45. The Balaban J connectivity index is 1.79. The molecule has 0 fully saturated rings. The standard InChI is InChI=1S/C33H34N4O4/c1-7-19-15(3)23-11-25-17(5)21(9-10-29(38)39)31(36-25)22-14-41-33(40)30-18(6)26(37-32(22)30)13-28-20(8-2)16(4)24(35-28)12-27(19)34-23/h7,11-13,17,21,34-35H,1,8-10,14H2,2-6H3,(H,38,39)/t17?,21-/m0/s1. The van der Waals surface area contributed by atoms with Gasteiger partial charge in [0.15, 0.2) is 0 Å². The fraction of sp³-hybridized carbons (Fsp3) is 0.333. The third-order valence-corrected chi connectivity index (χ3v) is 8.95.